The van der Waals surface area contributed by atoms with Crippen molar-refractivity contribution in [1.29, 1.82) is 0 Å². The molecule has 0 aliphatic carbocycles. The van der Waals surface area contributed by atoms with E-state index in [0.717, 1.165) is 22.4 Å². The molecule has 0 atom stereocenters. The number of nitrogens with one attached hydrogen (secondary N) is 1. The van der Waals surface area contributed by atoms with Crippen LogP contribution in [0.3, 0.4) is 0 Å². The van der Waals surface area contributed by atoms with Crippen molar-refractivity contribution in [3.05, 3.63) is 88.1 Å². The lowest BCUT2D eigenvalue weighted by Crippen LogP contribution is -2.26. The molecule has 4 rings (SSSR count). The lowest BCUT2D eigenvalue weighted by molar-refractivity contribution is 0.0926. The SMILES string of the molecule is O=C(NCCc1nc2ccccc2n1Cc1ccc(Cl)c(Cl)c1)c1ccco1. The maximum Gasteiger partial charge on any atom is 0.286 e. The molecule has 2 aromatic carbocycles. The quantitative estimate of drug-likeness (QED) is 0.485. The van der Waals surface area contributed by atoms with Gasteiger partial charge in [0.05, 0.1) is 27.3 Å². The summed E-state index contributed by atoms with van der Waals surface area (Å²) < 4.78 is 7.25. The van der Waals surface area contributed by atoms with Crippen LogP contribution in [-0.4, -0.2) is 22.0 Å². The number of carbonyl (C=O) groups excluding carboxylic acids is 1. The number of benzene rings is 2. The molecule has 7 heteroatoms. The van der Waals surface area contributed by atoms with Crippen molar-refractivity contribution in [3.63, 3.8) is 0 Å². The average molecular weight is 414 g/mol. The molecule has 0 bridgehead atoms. The molecule has 1 amide bonds. The number of rotatable bonds is 6. The Kier molecular flexibility index (Phi) is 5.37. The molecular formula is C21H17Cl2N3O2. The third-order valence-corrected chi connectivity index (χ3v) is 5.18. The zero-order valence-electron chi connectivity index (χ0n) is 14.9. The number of carbonyl (C=O) groups is 1. The number of halogens is 2. The van der Waals surface area contributed by atoms with Crippen LogP contribution in [0, 0.1) is 0 Å². The van der Waals surface area contributed by atoms with Gasteiger partial charge in [-0.05, 0) is 42.0 Å². The van der Waals surface area contributed by atoms with Crippen LogP contribution in [0.1, 0.15) is 21.9 Å². The van der Waals surface area contributed by atoms with Gasteiger partial charge in [0.2, 0.25) is 0 Å². The zero-order chi connectivity index (χ0) is 19.5. The molecule has 0 fully saturated rings. The summed E-state index contributed by atoms with van der Waals surface area (Å²) in [5, 5.41) is 3.91. The largest absolute Gasteiger partial charge is 0.459 e. The molecule has 0 saturated carbocycles. The van der Waals surface area contributed by atoms with E-state index >= 15 is 0 Å². The van der Waals surface area contributed by atoms with Crippen molar-refractivity contribution in [3.8, 4) is 0 Å². The number of fused-ring (bicyclic) bond motifs is 1. The van der Waals surface area contributed by atoms with Gasteiger partial charge in [0.1, 0.15) is 5.82 Å². The fourth-order valence-electron chi connectivity index (χ4n) is 3.10. The summed E-state index contributed by atoms with van der Waals surface area (Å²) >= 11 is 12.2. The minimum Gasteiger partial charge on any atom is -0.459 e. The van der Waals surface area contributed by atoms with E-state index in [1.165, 1.54) is 6.26 Å². The van der Waals surface area contributed by atoms with Crippen molar-refractivity contribution >= 4 is 40.1 Å². The third-order valence-electron chi connectivity index (χ3n) is 4.44. The molecule has 0 aliphatic heterocycles. The standard InChI is InChI=1S/C21H17Cl2N3O2/c22-15-8-7-14(12-16(15)23)13-26-18-5-2-1-4-17(18)25-20(26)9-10-24-21(27)19-6-3-11-28-19/h1-8,11-12H,9-10,13H2,(H,24,27). The smallest absolute Gasteiger partial charge is 0.286 e. The van der Waals surface area contributed by atoms with Crippen molar-refractivity contribution in [2.45, 2.75) is 13.0 Å². The Bertz CT molecular complexity index is 1120. The molecule has 28 heavy (non-hydrogen) atoms. The maximum atomic E-state index is 12.1. The number of imidazole rings is 1. The maximum absolute atomic E-state index is 12.1. The number of nitrogens with zero attached hydrogens (tertiary/aromatic N) is 2. The summed E-state index contributed by atoms with van der Waals surface area (Å²) in [4.78, 5) is 16.8. The fourth-order valence-corrected chi connectivity index (χ4v) is 3.42. The highest BCUT2D eigenvalue weighted by Crippen LogP contribution is 2.24. The molecule has 0 unspecified atom stereocenters. The van der Waals surface area contributed by atoms with Gasteiger partial charge in [-0.2, -0.15) is 0 Å². The predicted molar refractivity (Wildman–Crippen MR) is 110 cm³/mol. The normalized spacial score (nSPS) is 11.1. The van der Waals surface area contributed by atoms with E-state index in [4.69, 9.17) is 32.6 Å². The van der Waals surface area contributed by atoms with E-state index in [1.54, 1.807) is 18.2 Å². The first-order valence-electron chi connectivity index (χ1n) is 8.81. The molecule has 2 heterocycles. The van der Waals surface area contributed by atoms with Gasteiger partial charge in [0.15, 0.2) is 5.76 Å². The summed E-state index contributed by atoms with van der Waals surface area (Å²) in [6, 6.07) is 16.9. The van der Waals surface area contributed by atoms with Gasteiger partial charge < -0.3 is 14.3 Å². The average Bonchev–Trinajstić information content (AvgIpc) is 3.34. The van der Waals surface area contributed by atoms with Crippen LogP contribution < -0.4 is 5.32 Å². The van der Waals surface area contributed by atoms with Crippen LogP contribution in [0.4, 0.5) is 0 Å². The number of hydrogen-bond acceptors (Lipinski definition) is 3. The Morgan fingerprint density at radius 3 is 2.71 bits per heavy atom. The summed E-state index contributed by atoms with van der Waals surface area (Å²) in [5.41, 5.74) is 2.97. The second-order valence-electron chi connectivity index (χ2n) is 6.33. The Hall–Kier alpha value is -2.76. The molecule has 4 aromatic rings. The second-order valence-corrected chi connectivity index (χ2v) is 7.15. The van der Waals surface area contributed by atoms with Gasteiger partial charge in [-0.1, -0.05) is 41.4 Å². The molecule has 0 spiro atoms. The molecule has 5 nitrogen and oxygen atoms in total. The molecule has 0 aliphatic rings. The van der Waals surface area contributed by atoms with E-state index in [9.17, 15) is 4.79 Å². The van der Waals surface area contributed by atoms with E-state index in [2.05, 4.69) is 9.88 Å². The van der Waals surface area contributed by atoms with E-state index in [1.807, 2.05) is 36.4 Å². The number of furan rings is 1. The Labute approximate surface area is 171 Å². The van der Waals surface area contributed by atoms with Crippen LogP contribution in [0.2, 0.25) is 10.0 Å². The summed E-state index contributed by atoms with van der Waals surface area (Å²) in [7, 11) is 0. The summed E-state index contributed by atoms with van der Waals surface area (Å²) in [6.07, 6.45) is 2.06. The lowest BCUT2D eigenvalue weighted by atomic mass is 10.2. The molecule has 2 aromatic heterocycles. The van der Waals surface area contributed by atoms with Crippen LogP contribution in [-0.2, 0) is 13.0 Å². The van der Waals surface area contributed by atoms with Crippen LogP contribution in [0.15, 0.2) is 65.3 Å². The van der Waals surface area contributed by atoms with Gasteiger partial charge in [0, 0.05) is 19.5 Å². The first-order valence-corrected chi connectivity index (χ1v) is 9.57. The van der Waals surface area contributed by atoms with Crippen molar-refractivity contribution in [2.75, 3.05) is 6.54 Å². The van der Waals surface area contributed by atoms with Crippen molar-refractivity contribution < 1.29 is 9.21 Å². The molecule has 142 valence electrons. The van der Waals surface area contributed by atoms with Gasteiger partial charge in [-0.3, -0.25) is 4.79 Å². The molecule has 0 radical (unpaired) electrons. The number of aromatic nitrogens is 2. The highest BCUT2D eigenvalue weighted by molar-refractivity contribution is 6.42. The zero-order valence-corrected chi connectivity index (χ0v) is 16.4. The summed E-state index contributed by atoms with van der Waals surface area (Å²) in [5.74, 6) is 0.938. The predicted octanol–water partition coefficient (Wildman–Crippen LogP) is 4.96. The van der Waals surface area contributed by atoms with Crippen LogP contribution >= 0.6 is 23.2 Å². The van der Waals surface area contributed by atoms with E-state index in [-0.39, 0.29) is 5.91 Å². The van der Waals surface area contributed by atoms with Gasteiger partial charge in [0.25, 0.3) is 5.91 Å². The fraction of sp³-hybridized carbons (Fsp3) is 0.143. The Morgan fingerprint density at radius 2 is 1.93 bits per heavy atom. The van der Waals surface area contributed by atoms with Crippen LogP contribution in [0.5, 0.6) is 0 Å². The Morgan fingerprint density at radius 1 is 1.07 bits per heavy atom. The molecule has 1 N–H and O–H groups in total. The molecule has 0 saturated heterocycles. The number of amides is 1. The van der Waals surface area contributed by atoms with Gasteiger partial charge in [-0.15, -0.1) is 0 Å². The second kappa shape index (κ2) is 8.09. The monoisotopic (exact) mass is 413 g/mol. The van der Waals surface area contributed by atoms with Crippen molar-refractivity contribution in [1.82, 2.24) is 14.9 Å². The lowest BCUT2D eigenvalue weighted by Gasteiger charge is -2.11. The third kappa shape index (κ3) is 3.91. The highest BCUT2D eigenvalue weighted by Gasteiger charge is 2.13. The topological polar surface area (TPSA) is 60.1 Å². The highest BCUT2D eigenvalue weighted by atomic mass is 35.5. The van der Waals surface area contributed by atoms with E-state index in [0.29, 0.717) is 35.3 Å². The van der Waals surface area contributed by atoms with Crippen LogP contribution in [0.25, 0.3) is 11.0 Å². The summed E-state index contributed by atoms with van der Waals surface area (Å²) in [6.45, 7) is 1.06. The first kappa shape index (κ1) is 18.6. The minimum atomic E-state index is -0.239. The number of hydrogen-bond donors (Lipinski definition) is 1. The van der Waals surface area contributed by atoms with Crippen molar-refractivity contribution in [2.24, 2.45) is 0 Å². The van der Waals surface area contributed by atoms with E-state index < -0.39 is 0 Å². The Balaban J connectivity index is 1.56. The minimum absolute atomic E-state index is 0.239. The number of para-hydroxylation sites is 2. The molecular weight excluding hydrogens is 397 g/mol. The van der Waals surface area contributed by atoms with Gasteiger partial charge >= 0.3 is 0 Å². The first-order chi connectivity index (χ1) is 13.6. The van der Waals surface area contributed by atoms with Gasteiger partial charge in [-0.25, -0.2) is 4.98 Å².